The molecule has 1 aliphatic heterocycles. The molecule has 1 aliphatic rings. The molecule has 0 aromatic heterocycles. The molecule has 1 fully saturated rings. The van der Waals surface area contributed by atoms with Crippen LogP contribution in [-0.2, 0) is 6.54 Å². The zero-order valence-corrected chi connectivity index (χ0v) is 14.3. The predicted molar refractivity (Wildman–Crippen MR) is 88.3 cm³/mol. The molecule has 1 saturated heterocycles. The molecule has 1 aromatic rings. The van der Waals surface area contributed by atoms with E-state index < -0.39 is 0 Å². The molecule has 21 heavy (non-hydrogen) atoms. The molecule has 0 bridgehead atoms. The number of benzene rings is 1. The van der Waals surface area contributed by atoms with Crippen molar-refractivity contribution in [1.29, 1.82) is 0 Å². The van der Waals surface area contributed by atoms with Crippen molar-refractivity contribution >= 4 is 33.5 Å². The van der Waals surface area contributed by atoms with Crippen LogP contribution in [0.5, 0.6) is 0 Å². The monoisotopic (exact) mass is 375 g/mol. The number of nitrogens with two attached hydrogens (primary N) is 1. The van der Waals surface area contributed by atoms with Gasteiger partial charge in [-0.2, -0.15) is 11.8 Å². The predicted octanol–water partition coefficient (Wildman–Crippen LogP) is 3.03. The Balaban J connectivity index is 2.01. The number of hydrogen-bond donors (Lipinski definition) is 2. The molecule has 0 atom stereocenters. The van der Waals surface area contributed by atoms with Crippen LogP contribution in [0.25, 0.3) is 0 Å². The van der Waals surface area contributed by atoms with E-state index in [1.807, 2.05) is 6.26 Å². The summed E-state index contributed by atoms with van der Waals surface area (Å²) in [4.78, 5) is 2.30. The Bertz CT molecular complexity index is 533. The fraction of sp³-hybridized carbons (Fsp3) is 0.500. The lowest BCUT2D eigenvalue weighted by Crippen LogP contribution is -2.49. The third-order valence-electron chi connectivity index (χ3n) is 4.04. The highest BCUT2D eigenvalue weighted by molar-refractivity contribution is 9.10. The summed E-state index contributed by atoms with van der Waals surface area (Å²) in [6, 6.07) is 4.77. The molecular weight excluding hydrogens is 357 g/mol. The van der Waals surface area contributed by atoms with Crippen LogP contribution in [-0.4, -0.2) is 40.0 Å². The maximum Gasteiger partial charge on any atom is 0.155 e. The molecule has 1 heterocycles. The molecule has 0 amide bonds. The SMILES string of the molecule is CSC1(C(N)=NO)CCN(Cc2ccc(F)cc2Br)CC1. The van der Waals surface area contributed by atoms with Crippen molar-refractivity contribution in [1.82, 2.24) is 4.90 Å². The second-order valence-electron chi connectivity index (χ2n) is 5.20. The molecule has 0 saturated carbocycles. The van der Waals surface area contributed by atoms with Crippen LogP contribution in [0, 0.1) is 5.82 Å². The third-order valence-corrected chi connectivity index (χ3v) is 6.18. The van der Waals surface area contributed by atoms with Crippen LogP contribution in [0.15, 0.2) is 27.8 Å². The van der Waals surface area contributed by atoms with Gasteiger partial charge in [-0.25, -0.2) is 4.39 Å². The number of amidine groups is 1. The zero-order chi connectivity index (χ0) is 15.5. The average molecular weight is 376 g/mol. The Hall–Kier alpha value is -0.790. The minimum absolute atomic E-state index is 0.238. The average Bonchev–Trinajstić information content (AvgIpc) is 2.50. The lowest BCUT2D eigenvalue weighted by atomic mass is 9.94. The minimum atomic E-state index is -0.273. The van der Waals surface area contributed by atoms with Crippen LogP contribution in [0.4, 0.5) is 4.39 Å². The number of thioether (sulfide) groups is 1. The van der Waals surface area contributed by atoms with Crippen molar-refractivity contribution in [3.8, 4) is 0 Å². The smallest absolute Gasteiger partial charge is 0.155 e. The second kappa shape index (κ2) is 6.98. The van der Waals surface area contributed by atoms with Gasteiger partial charge in [-0.15, -0.1) is 0 Å². The molecular formula is C14H19BrFN3OS. The number of nitrogens with zero attached hydrogens (tertiary/aromatic N) is 2. The normalized spacial score (nSPS) is 19.7. The van der Waals surface area contributed by atoms with Gasteiger partial charge in [-0.05, 0) is 36.8 Å². The lowest BCUT2D eigenvalue weighted by Gasteiger charge is -2.39. The highest BCUT2D eigenvalue weighted by Gasteiger charge is 2.38. The number of piperidine rings is 1. The second-order valence-corrected chi connectivity index (χ2v) is 7.24. The fourth-order valence-corrected chi connectivity index (χ4v) is 3.94. The first kappa shape index (κ1) is 16.6. The van der Waals surface area contributed by atoms with E-state index in [0.29, 0.717) is 5.84 Å². The van der Waals surface area contributed by atoms with E-state index >= 15 is 0 Å². The molecule has 4 nitrogen and oxygen atoms in total. The summed E-state index contributed by atoms with van der Waals surface area (Å²) in [7, 11) is 0. The van der Waals surface area contributed by atoms with E-state index in [1.54, 1.807) is 17.8 Å². The van der Waals surface area contributed by atoms with Crippen LogP contribution in [0.3, 0.4) is 0 Å². The highest BCUT2D eigenvalue weighted by Crippen LogP contribution is 2.35. The van der Waals surface area contributed by atoms with E-state index in [2.05, 4.69) is 26.0 Å². The summed E-state index contributed by atoms with van der Waals surface area (Å²) in [5, 5.41) is 12.1. The summed E-state index contributed by atoms with van der Waals surface area (Å²) < 4.78 is 13.6. The van der Waals surface area contributed by atoms with Gasteiger partial charge in [0.05, 0.1) is 4.75 Å². The van der Waals surface area contributed by atoms with Gasteiger partial charge in [0.15, 0.2) is 5.84 Å². The highest BCUT2D eigenvalue weighted by atomic mass is 79.9. The summed E-state index contributed by atoms with van der Waals surface area (Å²) in [6.45, 7) is 2.49. The molecule has 2 rings (SSSR count). The van der Waals surface area contributed by atoms with E-state index in [4.69, 9.17) is 10.9 Å². The minimum Gasteiger partial charge on any atom is -0.409 e. The largest absolute Gasteiger partial charge is 0.409 e. The molecule has 0 unspecified atom stereocenters. The molecule has 1 aromatic carbocycles. The Kier molecular flexibility index (Phi) is 5.51. The molecule has 116 valence electrons. The van der Waals surface area contributed by atoms with E-state index in [0.717, 1.165) is 42.5 Å². The number of oxime groups is 1. The van der Waals surface area contributed by atoms with Gasteiger partial charge in [0.1, 0.15) is 5.82 Å². The maximum atomic E-state index is 13.1. The molecule has 0 aliphatic carbocycles. The molecule has 0 radical (unpaired) electrons. The van der Waals surface area contributed by atoms with E-state index in [1.165, 1.54) is 12.1 Å². The van der Waals surface area contributed by atoms with Crippen LogP contribution < -0.4 is 5.73 Å². The number of hydrogen-bond acceptors (Lipinski definition) is 4. The quantitative estimate of drug-likeness (QED) is 0.367. The molecule has 3 N–H and O–H groups in total. The van der Waals surface area contributed by atoms with Crippen molar-refractivity contribution in [3.63, 3.8) is 0 Å². The number of rotatable bonds is 4. The van der Waals surface area contributed by atoms with Gasteiger partial charge in [0, 0.05) is 24.1 Å². The lowest BCUT2D eigenvalue weighted by molar-refractivity contribution is 0.209. The fourth-order valence-electron chi connectivity index (χ4n) is 2.62. The Morgan fingerprint density at radius 2 is 2.19 bits per heavy atom. The van der Waals surface area contributed by atoms with Crippen molar-refractivity contribution in [2.45, 2.75) is 24.1 Å². The first-order valence-electron chi connectivity index (χ1n) is 6.70. The third kappa shape index (κ3) is 3.70. The van der Waals surface area contributed by atoms with Gasteiger partial charge in [0.25, 0.3) is 0 Å². The number of halogens is 2. The van der Waals surface area contributed by atoms with E-state index in [9.17, 15) is 4.39 Å². The van der Waals surface area contributed by atoms with Gasteiger partial charge in [-0.3, -0.25) is 4.90 Å². The summed E-state index contributed by atoms with van der Waals surface area (Å²) in [5.41, 5.74) is 6.91. The van der Waals surface area contributed by atoms with Crippen molar-refractivity contribution < 1.29 is 9.60 Å². The van der Waals surface area contributed by atoms with Crippen LogP contribution >= 0.6 is 27.7 Å². The number of likely N-dealkylation sites (tertiary alicyclic amines) is 1. The zero-order valence-electron chi connectivity index (χ0n) is 11.9. The Labute approximate surface area is 136 Å². The topological polar surface area (TPSA) is 61.9 Å². The summed E-state index contributed by atoms with van der Waals surface area (Å²) >= 11 is 5.04. The Morgan fingerprint density at radius 3 is 2.71 bits per heavy atom. The molecule has 7 heteroatoms. The van der Waals surface area contributed by atoms with Crippen LogP contribution in [0.1, 0.15) is 18.4 Å². The standard InChI is InChI=1S/C14H19BrFN3OS/c1-21-14(13(17)18-20)4-6-19(7-5-14)9-10-2-3-11(16)8-12(10)15/h2-3,8,20H,4-7,9H2,1H3,(H2,17,18). The molecule has 0 spiro atoms. The Morgan fingerprint density at radius 1 is 1.52 bits per heavy atom. The summed E-state index contributed by atoms with van der Waals surface area (Å²) in [5.74, 6) is 0.0650. The van der Waals surface area contributed by atoms with Crippen molar-refractivity contribution in [2.75, 3.05) is 19.3 Å². The maximum absolute atomic E-state index is 13.1. The summed E-state index contributed by atoms with van der Waals surface area (Å²) in [6.07, 6.45) is 3.66. The van der Waals surface area contributed by atoms with Gasteiger partial charge < -0.3 is 10.9 Å². The van der Waals surface area contributed by atoms with Gasteiger partial charge in [-0.1, -0.05) is 27.2 Å². The van der Waals surface area contributed by atoms with Crippen molar-refractivity contribution in [2.24, 2.45) is 10.9 Å². The van der Waals surface area contributed by atoms with Gasteiger partial charge in [0.2, 0.25) is 0 Å². The van der Waals surface area contributed by atoms with Gasteiger partial charge >= 0.3 is 0 Å². The van der Waals surface area contributed by atoms with Crippen LogP contribution in [0.2, 0.25) is 0 Å². The van der Waals surface area contributed by atoms with Crippen molar-refractivity contribution in [3.05, 3.63) is 34.1 Å². The first-order valence-corrected chi connectivity index (χ1v) is 8.72. The first-order chi connectivity index (χ1) is 10.0. The van der Waals surface area contributed by atoms with E-state index in [-0.39, 0.29) is 10.6 Å².